The zero-order valence-corrected chi connectivity index (χ0v) is 18.8. The van der Waals surface area contributed by atoms with Crippen LogP contribution in [0.2, 0.25) is 0 Å². The van der Waals surface area contributed by atoms with Crippen LogP contribution in [0.5, 0.6) is 0 Å². The van der Waals surface area contributed by atoms with Crippen molar-refractivity contribution in [2.75, 3.05) is 6.61 Å². The Morgan fingerprint density at radius 1 is 0.821 bits per heavy atom. The normalized spacial score (nSPS) is 39.4. The van der Waals surface area contributed by atoms with Crippen molar-refractivity contribution in [3.63, 3.8) is 0 Å². The highest BCUT2D eigenvalue weighted by molar-refractivity contribution is 5.06. The summed E-state index contributed by atoms with van der Waals surface area (Å²) >= 11 is 0. The van der Waals surface area contributed by atoms with E-state index in [2.05, 4.69) is 19.9 Å². The summed E-state index contributed by atoms with van der Waals surface area (Å²) in [5.74, 6) is 3.53. The molecule has 0 N–H and O–H groups in total. The van der Waals surface area contributed by atoms with Gasteiger partial charge in [0.15, 0.2) is 0 Å². The van der Waals surface area contributed by atoms with Crippen LogP contribution in [-0.2, 0) is 4.74 Å². The van der Waals surface area contributed by atoms with Crippen molar-refractivity contribution < 1.29 is 4.74 Å². The molecule has 28 heavy (non-hydrogen) atoms. The highest BCUT2D eigenvalue weighted by Gasteiger charge is 2.44. The van der Waals surface area contributed by atoms with Gasteiger partial charge < -0.3 is 4.74 Å². The van der Waals surface area contributed by atoms with Crippen LogP contribution in [0.25, 0.3) is 0 Å². The first kappa shape index (κ1) is 22.1. The van der Waals surface area contributed by atoms with E-state index in [-0.39, 0.29) is 5.41 Å². The molecule has 3 saturated carbocycles. The number of hydrogen-bond acceptors (Lipinski definition) is 2. The third kappa shape index (κ3) is 5.53. The van der Waals surface area contributed by atoms with Crippen molar-refractivity contribution in [1.29, 1.82) is 5.26 Å². The number of hydrogen-bond donors (Lipinski definition) is 0. The summed E-state index contributed by atoms with van der Waals surface area (Å²) in [6.07, 6.45) is 21.5. The van der Waals surface area contributed by atoms with E-state index >= 15 is 0 Å². The molecular formula is C26H45NO. The second-order valence-corrected chi connectivity index (χ2v) is 10.4. The van der Waals surface area contributed by atoms with Crippen LogP contribution in [0.3, 0.4) is 0 Å². The minimum Gasteiger partial charge on any atom is -0.378 e. The largest absolute Gasteiger partial charge is 0.378 e. The molecule has 0 amide bonds. The van der Waals surface area contributed by atoms with Gasteiger partial charge in [-0.25, -0.2) is 0 Å². The summed E-state index contributed by atoms with van der Waals surface area (Å²) in [4.78, 5) is 0. The van der Waals surface area contributed by atoms with Crippen LogP contribution >= 0.6 is 0 Å². The van der Waals surface area contributed by atoms with Gasteiger partial charge in [-0.05, 0) is 94.3 Å². The zero-order chi connectivity index (χ0) is 19.8. The Hall–Kier alpha value is -0.550. The van der Waals surface area contributed by atoms with Gasteiger partial charge in [-0.15, -0.1) is 0 Å². The molecule has 0 unspecified atom stereocenters. The van der Waals surface area contributed by atoms with Crippen molar-refractivity contribution >= 4 is 0 Å². The van der Waals surface area contributed by atoms with Crippen LogP contribution in [-0.4, -0.2) is 12.7 Å². The number of nitrogens with zero attached hydrogens (tertiary/aromatic N) is 1. The van der Waals surface area contributed by atoms with Gasteiger partial charge in [0.1, 0.15) is 0 Å². The average molecular weight is 388 g/mol. The maximum absolute atomic E-state index is 10.1. The molecule has 3 aliphatic rings. The zero-order valence-electron chi connectivity index (χ0n) is 18.8. The summed E-state index contributed by atoms with van der Waals surface area (Å²) in [6.45, 7) is 5.41. The lowest BCUT2D eigenvalue weighted by Crippen LogP contribution is -2.38. The van der Waals surface area contributed by atoms with E-state index in [1.165, 1.54) is 96.3 Å². The molecule has 0 radical (unpaired) electrons. The Morgan fingerprint density at radius 2 is 1.46 bits per heavy atom. The lowest BCUT2D eigenvalue weighted by atomic mass is 9.58. The van der Waals surface area contributed by atoms with Crippen LogP contribution < -0.4 is 0 Å². The molecule has 3 fully saturated rings. The van der Waals surface area contributed by atoms with Gasteiger partial charge in [0, 0.05) is 6.61 Å². The number of ether oxygens (including phenoxy) is 1. The van der Waals surface area contributed by atoms with Gasteiger partial charge >= 0.3 is 0 Å². The Balaban J connectivity index is 1.44. The van der Waals surface area contributed by atoms with Crippen molar-refractivity contribution in [3.8, 4) is 6.07 Å². The SMILES string of the molecule is CCCCC1CCC(C2CCC(C#N)(C3CCC(OCCC)CC3)CC2)CC1. The Kier molecular flexibility index (Phi) is 8.71. The van der Waals surface area contributed by atoms with Crippen molar-refractivity contribution in [1.82, 2.24) is 0 Å². The monoisotopic (exact) mass is 387 g/mol. The molecule has 0 atom stereocenters. The standard InChI is InChI=1S/C26H45NO/c1-3-5-6-21-7-9-22(10-8-21)23-15-17-26(20-27,18-16-23)24-11-13-25(14-12-24)28-19-4-2/h21-25H,3-19H2,1-2H3. The molecule has 0 aromatic rings. The van der Waals surface area contributed by atoms with Crippen LogP contribution in [0.15, 0.2) is 0 Å². The predicted octanol–water partition coefficient (Wildman–Crippen LogP) is 7.67. The molecular weight excluding hydrogens is 342 g/mol. The van der Waals surface area contributed by atoms with Crippen LogP contribution in [0, 0.1) is 40.4 Å². The molecule has 0 saturated heterocycles. The van der Waals surface area contributed by atoms with E-state index in [4.69, 9.17) is 4.74 Å². The first-order chi connectivity index (χ1) is 13.7. The first-order valence-corrected chi connectivity index (χ1v) is 12.7. The van der Waals surface area contributed by atoms with E-state index in [0.717, 1.165) is 30.8 Å². The van der Waals surface area contributed by atoms with Gasteiger partial charge in [0.05, 0.1) is 17.6 Å². The molecule has 2 nitrogen and oxygen atoms in total. The maximum atomic E-state index is 10.1. The molecule has 2 heteroatoms. The van der Waals surface area contributed by atoms with Crippen molar-refractivity contribution in [2.24, 2.45) is 29.1 Å². The van der Waals surface area contributed by atoms with Crippen LogP contribution in [0.4, 0.5) is 0 Å². The topological polar surface area (TPSA) is 33.0 Å². The summed E-state index contributed by atoms with van der Waals surface area (Å²) < 4.78 is 5.98. The quantitative estimate of drug-likeness (QED) is 0.428. The second kappa shape index (κ2) is 11.0. The summed E-state index contributed by atoms with van der Waals surface area (Å²) in [5, 5.41) is 10.1. The third-order valence-corrected chi connectivity index (χ3v) is 8.68. The minimum atomic E-state index is -0.00937. The molecule has 0 heterocycles. The Bertz CT molecular complexity index is 471. The van der Waals surface area contributed by atoms with E-state index in [1.807, 2.05) is 0 Å². The van der Waals surface area contributed by atoms with Crippen molar-refractivity contribution in [2.45, 2.75) is 123 Å². The van der Waals surface area contributed by atoms with Gasteiger partial charge in [-0.1, -0.05) is 46.0 Å². The summed E-state index contributed by atoms with van der Waals surface area (Å²) in [6, 6.07) is 2.86. The van der Waals surface area contributed by atoms with E-state index in [9.17, 15) is 5.26 Å². The van der Waals surface area contributed by atoms with Gasteiger partial charge in [-0.3, -0.25) is 0 Å². The molecule has 0 aromatic carbocycles. The predicted molar refractivity (Wildman–Crippen MR) is 117 cm³/mol. The van der Waals surface area contributed by atoms with Gasteiger partial charge in [0.2, 0.25) is 0 Å². The molecule has 0 aromatic heterocycles. The lowest BCUT2D eigenvalue weighted by molar-refractivity contribution is -0.00696. The van der Waals surface area contributed by atoms with E-state index in [1.54, 1.807) is 0 Å². The second-order valence-electron chi connectivity index (χ2n) is 10.4. The van der Waals surface area contributed by atoms with E-state index in [0.29, 0.717) is 12.0 Å². The number of unbranched alkanes of at least 4 members (excludes halogenated alkanes) is 1. The fourth-order valence-electron chi connectivity index (χ4n) is 6.75. The average Bonchev–Trinajstić information content (AvgIpc) is 2.77. The number of nitriles is 1. The molecule has 160 valence electrons. The molecule has 0 spiro atoms. The Labute approximate surface area is 174 Å². The summed E-state index contributed by atoms with van der Waals surface area (Å²) in [7, 11) is 0. The molecule has 0 aliphatic heterocycles. The van der Waals surface area contributed by atoms with Gasteiger partial charge in [-0.2, -0.15) is 5.26 Å². The first-order valence-electron chi connectivity index (χ1n) is 12.7. The maximum Gasteiger partial charge on any atom is 0.0692 e. The minimum absolute atomic E-state index is 0.00937. The molecule has 3 rings (SSSR count). The highest BCUT2D eigenvalue weighted by Crippen LogP contribution is 2.52. The van der Waals surface area contributed by atoms with Crippen LogP contribution in [0.1, 0.15) is 117 Å². The van der Waals surface area contributed by atoms with Gasteiger partial charge in [0.25, 0.3) is 0 Å². The van der Waals surface area contributed by atoms with Crippen molar-refractivity contribution in [3.05, 3.63) is 0 Å². The fraction of sp³-hybridized carbons (Fsp3) is 0.962. The lowest BCUT2D eigenvalue weighted by Gasteiger charge is -2.45. The smallest absolute Gasteiger partial charge is 0.0692 e. The Morgan fingerprint density at radius 3 is 2.04 bits per heavy atom. The third-order valence-electron chi connectivity index (χ3n) is 8.68. The van der Waals surface area contributed by atoms with E-state index < -0.39 is 0 Å². The highest BCUT2D eigenvalue weighted by atomic mass is 16.5. The molecule has 0 bridgehead atoms. The number of rotatable bonds is 8. The molecule has 3 aliphatic carbocycles. The summed E-state index contributed by atoms with van der Waals surface area (Å²) in [5.41, 5.74) is -0.00937. The fourth-order valence-corrected chi connectivity index (χ4v) is 6.75.